The number of aromatic nitrogens is 3. The smallest absolute Gasteiger partial charge is 0.262 e. The molecule has 0 radical (unpaired) electrons. The number of imidazole rings is 1. The molecule has 0 atom stereocenters. The van der Waals surface area contributed by atoms with Crippen LogP contribution in [0.15, 0.2) is 102 Å². The van der Waals surface area contributed by atoms with Crippen LogP contribution in [-0.2, 0) is 14.8 Å². The second-order valence-corrected chi connectivity index (χ2v) is 9.85. The van der Waals surface area contributed by atoms with Gasteiger partial charge in [0.15, 0.2) is 0 Å². The van der Waals surface area contributed by atoms with Gasteiger partial charge in [-0.25, -0.2) is 13.0 Å². The number of anilines is 1. The summed E-state index contributed by atoms with van der Waals surface area (Å²) in [7, 11) is -4.27. The summed E-state index contributed by atoms with van der Waals surface area (Å²) in [6.45, 7) is 1.34. The van der Waals surface area contributed by atoms with Gasteiger partial charge in [-0.1, -0.05) is 24.3 Å². The maximum absolute atomic E-state index is 13.6. The van der Waals surface area contributed by atoms with E-state index in [0.717, 1.165) is 5.69 Å². The van der Waals surface area contributed by atoms with Crippen LogP contribution in [0.1, 0.15) is 27.6 Å². The number of amides is 1. The van der Waals surface area contributed by atoms with Gasteiger partial charge in [0.25, 0.3) is 16.4 Å². The van der Waals surface area contributed by atoms with E-state index >= 15 is 0 Å². The summed E-state index contributed by atoms with van der Waals surface area (Å²) in [4.78, 5) is 42.2. The second kappa shape index (κ2) is 9.28. The van der Waals surface area contributed by atoms with Crippen LogP contribution in [0.5, 0.6) is 0 Å². The maximum Gasteiger partial charge on any atom is 0.262 e. The first-order chi connectivity index (χ1) is 17.7. The Balaban J connectivity index is 1.60. The zero-order valence-corrected chi connectivity index (χ0v) is 20.3. The standard InChI is InChI=1S/C26H19N5O5S/c1-17(32)28-18-6-8-20(9-7-18)37(35,36)29-23-24(26(34)22-5-3-2-4-21(22)25(23)33)31-15-14-30(16-31)19-10-12-27-13-11-19/h2-16H,1H3,(H-,28,29,32,34)/p+1. The quantitative estimate of drug-likeness (QED) is 0.380. The number of allylic oxidation sites excluding steroid dienone is 2. The predicted octanol–water partition coefficient (Wildman–Crippen LogP) is 2.34. The van der Waals surface area contributed by atoms with E-state index in [4.69, 9.17) is 0 Å². The van der Waals surface area contributed by atoms with Crippen molar-refractivity contribution in [3.05, 3.63) is 109 Å². The molecule has 0 bridgehead atoms. The lowest BCUT2D eigenvalue weighted by molar-refractivity contribution is -0.576. The minimum absolute atomic E-state index is 0.101. The molecule has 0 fully saturated rings. The van der Waals surface area contributed by atoms with E-state index in [1.165, 1.54) is 47.9 Å². The number of Topliss-reactive ketones (excluding diaryl/α,β-unsaturated/α-hetero) is 2. The van der Waals surface area contributed by atoms with Crippen molar-refractivity contribution in [3.8, 4) is 5.69 Å². The summed E-state index contributed by atoms with van der Waals surface area (Å²) >= 11 is 0. The van der Waals surface area contributed by atoms with Crippen molar-refractivity contribution in [1.29, 1.82) is 0 Å². The summed E-state index contributed by atoms with van der Waals surface area (Å²) in [6.07, 6.45) is 8.03. The summed E-state index contributed by atoms with van der Waals surface area (Å²) in [5.41, 5.74) is 0.948. The number of pyridine rings is 1. The molecule has 2 aromatic heterocycles. The molecule has 0 aliphatic heterocycles. The maximum atomic E-state index is 13.6. The number of carbonyl (C=O) groups excluding carboxylic acids is 3. The van der Waals surface area contributed by atoms with E-state index in [1.54, 1.807) is 59.9 Å². The lowest BCUT2D eigenvalue weighted by Gasteiger charge is -2.19. The average molecular weight is 515 g/mol. The van der Waals surface area contributed by atoms with Gasteiger partial charge in [0, 0.05) is 48.3 Å². The molecule has 184 valence electrons. The molecule has 0 saturated heterocycles. The van der Waals surface area contributed by atoms with Crippen molar-refractivity contribution in [1.82, 2.24) is 14.3 Å². The van der Waals surface area contributed by atoms with Crippen molar-refractivity contribution < 1.29 is 27.4 Å². The van der Waals surface area contributed by atoms with Gasteiger partial charge in [0.05, 0.1) is 4.90 Å². The number of hydrogen-bond donors (Lipinski definition) is 2. The van der Waals surface area contributed by atoms with E-state index in [0.29, 0.717) is 5.69 Å². The molecule has 1 aliphatic carbocycles. The Labute approximate surface area is 212 Å². The molecule has 0 spiro atoms. The van der Waals surface area contributed by atoms with E-state index < -0.39 is 21.6 Å². The SMILES string of the molecule is CC(=O)Nc1ccc(S(=O)(=O)NC2=C([n+]3ccn(-c4ccncc4)c3)C(=O)c3ccccc3C2=O)cc1. The van der Waals surface area contributed by atoms with Gasteiger partial charge in [-0.2, -0.15) is 4.57 Å². The Morgan fingerprint density at radius 2 is 1.57 bits per heavy atom. The van der Waals surface area contributed by atoms with Crippen LogP contribution in [0.2, 0.25) is 0 Å². The average Bonchev–Trinajstić information content (AvgIpc) is 3.37. The highest BCUT2D eigenvalue weighted by Crippen LogP contribution is 2.27. The van der Waals surface area contributed by atoms with Crippen molar-refractivity contribution in [3.63, 3.8) is 0 Å². The van der Waals surface area contributed by atoms with E-state index in [2.05, 4.69) is 15.0 Å². The van der Waals surface area contributed by atoms with Crippen LogP contribution in [0, 0.1) is 0 Å². The van der Waals surface area contributed by atoms with Crippen LogP contribution in [0.3, 0.4) is 0 Å². The summed E-state index contributed by atoms with van der Waals surface area (Å²) in [5, 5.41) is 2.56. The van der Waals surface area contributed by atoms with Crippen LogP contribution < -0.4 is 14.6 Å². The third-order valence-electron chi connectivity index (χ3n) is 5.67. The third-order valence-corrected chi connectivity index (χ3v) is 7.04. The normalized spacial score (nSPS) is 13.3. The van der Waals surface area contributed by atoms with Crippen LogP contribution in [0.25, 0.3) is 11.4 Å². The lowest BCUT2D eigenvalue weighted by Crippen LogP contribution is -2.44. The number of fused-ring (bicyclic) bond motifs is 1. The molecule has 4 aromatic rings. The molecule has 11 heteroatoms. The van der Waals surface area contributed by atoms with Crippen molar-refractivity contribution in [2.24, 2.45) is 0 Å². The first kappa shape index (κ1) is 23.8. The fourth-order valence-corrected chi connectivity index (χ4v) is 5.04. The Bertz CT molecular complexity index is 1690. The minimum atomic E-state index is -4.27. The lowest BCUT2D eigenvalue weighted by atomic mass is 9.90. The number of hydrogen-bond acceptors (Lipinski definition) is 6. The molecule has 10 nitrogen and oxygen atoms in total. The fraction of sp³-hybridized carbons (Fsp3) is 0.0385. The largest absolute Gasteiger partial charge is 0.326 e. The van der Waals surface area contributed by atoms with Gasteiger partial charge in [0.1, 0.15) is 23.8 Å². The van der Waals surface area contributed by atoms with Gasteiger partial charge in [-0.3, -0.25) is 24.1 Å². The molecular formula is C26H20N5O5S+. The fourth-order valence-electron chi connectivity index (χ4n) is 3.97. The minimum Gasteiger partial charge on any atom is -0.326 e. The third kappa shape index (κ3) is 4.55. The molecule has 0 unspecified atom stereocenters. The van der Waals surface area contributed by atoms with Gasteiger partial charge in [0.2, 0.25) is 23.2 Å². The molecule has 2 aromatic carbocycles. The van der Waals surface area contributed by atoms with Gasteiger partial charge in [-0.05, 0) is 24.3 Å². The van der Waals surface area contributed by atoms with Gasteiger partial charge in [-0.15, -0.1) is 0 Å². The van der Waals surface area contributed by atoms with Crippen molar-refractivity contribution in [2.45, 2.75) is 11.8 Å². The first-order valence-corrected chi connectivity index (χ1v) is 12.6. The van der Waals surface area contributed by atoms with E-state index in [9.17, 15) is 22.8 Å². The Morgan fingerprint density at radius 1 is 0.919 bits per heavy atom. The van der Waals surface area contributed by atoms with Crippen LogP contribution in [-0.4, -0.2) is 35.4 Å². The molecule has 2 heterocycles. The molecule has 5 rings (SSSR count). The second-order valence-electron chi connectivity index (χ2n) is 8.17. The number of nitrogens with zero attached hydrogens (tertiary/aromatic N) is 3. The zero-order valence-electron chi connectivity index (χ0n) is 19.5. The topological polar surface area (TPSA) is 131 Å². The first-order valence-electron chi connectivity index (χ1n) is 11.1. The highest BCUT2D eigenvalue weighted by Gasteiger charge is 2.38. The predicted molar refractivity (Wildman–Crippen MR) is 133 cm³/mol. The number of rotatable bonds is 6. The molecular weight excluding hydrogens is 494 g/mol. The van der Waals surface area contributed by atoms with E-state index in [1.807, 2.05) is 0 Å². The molecule has 1 amide bonds. The number of nitrogens with one attached hydrogen (secondary N) is 2. The molecule has 2 N–H and O–H groups in total. The zero-order chi connectivity index (χ0) is 26.2. The highest BCUT2D eigenvalue weighted by atomic mass is 32.2. The van der Waals surface area contributed by atoms with Gasteiger partial charge >= 0.3 is 0 Å². The van der Waals surface area contributed by atoms with Crippen LogP contribution in [0.4, 0.5) is 5.69 Å². The summed E-state index contributed by atoms with van der Waals surface area (Å²) < 4.78 is 32.0. The number of carbonyl (C=O) groups is 3. The monoisotopic (exact) mass is 514 g/mol. The molecule has 0 saturated carbocycles. The van der Waals surface area contributed by atoms with Crippen molar-refractivity contribution >= 4 is 38.9 Å². The number of ketones is 2. The highest BCUT2D eigenvalue weighted by molar-refractivity contribution is 7.89. The molecule has 37 heavy (non-hydrogen) atoms. The Morgan fingerprint density at radius 3 is 2.22 bits per heavy atom. The molecule has 1 aliphatic rings. The Hall–Kier alpha value is -4.90. The van der Waals surface area contributed by atoms with Crippen molar-refractivity contribution in [2.75, 3.05) is 5.32 Å². The van der Waals surface area contributed by atoms with E-state index in [-0.39, 0.29) is 33.3 Å². The van der Waals surface area contributed by atoms with Gasteiger partial charge < -0.3 is 5.32 Å². The summed E-state index contributed by atoms with van der Waals surface area (Å²) in [6, 6.07) is 15.2. The number of sulfonamides is 1. The van der Waals surface area contributed by atoms with Crippen LogP contribution >= 0.6 is 0 Å². The summed E-state index contributed by atoms with van der Waals surface area (Å²) in [5.74, 6) is -1.44. The Kier molecular flexibility index (Phi) is 5.98. The number of benzene rings is 2.